The molecule has 0 aliphatic carbocycles. The van der Waals surface area contributed by atoms with Gasteiger partial charge in [-0.1, -0.05) is 267 Å². The van der Waals surface area contributed by atoms with Gasteiger partial charge in [0.1, 0.15) is 20.0 Å². The lowest BCUT2D eigenvalue weighted by Crippen LogP contribution is -2.41. The molecule has 0 aliphatic rings. The molecule has 7 aromatic rings. The van der Waals surface area contributed by atoms with Crippen molar-refractivity contribution in [3.63, 3.8) is 0 Å². The maximum Gasteiger partial charge on any atom is 0.408 e. The van der Waals surface area contributed by atoms with Crippen LogP contribution in [0.4, 0.5) is 4.79 Å². The number of nitrogens with two attached hydrogens (primary N) is 1. The van der Waals surface area contributed by atoms with Crippen molar-refractivity contribution in [1.29, 1.82) is 0 Å². The topological polar surface area (TPSA) is 261 Å². The van der Waals surface area contributed by atoms with Crippen LogP contribution < -0.4 is 11.1 Å². The fraction of sp³-hybridized carbons (Fsp3) is 0.395. The molecular weight excluding hydrogens is 1350 g/mol. The molecule has 570 valence electrons. The predicted octanol–water partition coefficient (Wildman–Crippen LogP) is 15.8. The van der Waals surface area contributed by atoms with Crippen molar-refractivity contribution >= 4 is 55.3 Å². The first kappa shape index (κ1) is 93.2. The molecule has 7 rings (SSSR count). The number of hydrogen-bond donors (Lipinski definition) is 3. The van der Waals surface area contributed by atoms with Crippen LogP contribution in [0.15, 0.2) is 224 Å². The van der Waals surface area contributed by atoms with Gasteiger partial charge in [0.05, 0.1) is 46.2 Å². The van der Waals surface area contributed by atoms with Gasteiger partial charge in [-0.2, -0.15) is 0 Å². The first-order valence-corrected chi connectivity index (χ1v) is 37.9. The summed E-state index contributed by atoms with van der Waals surface area (Å²) >= 11 is 0. The predicted molar refractivity (Wildman–Crippen MR) is 419 cm³/mol. The third-order valence-electron chi connectivity index (χ3n) is 16.0. The highest BCUT2D eigenvalue weighted by molar-refractivity contribution is 7.64. The molecule has 4 N–H and O–H groups in total. The molecule has 3 unspecified atom stereocenters. The van der Waals surface area contributed by atoms with E-state index in [-0.39, 0.29) is 66.1 Å². The maximum atomic E-state index is 12.0. The number of benzene rings is 7. The summed E-state index contributed by atoms with van der Waals surface area (Å²) in [6, 6.07) is 69.6. The summed E-state index contributed by atoms with van der Waals surface area (Å²) in [5, 5.41) is 10.9. The van der Waals surface area contributed by atoms with Crippen molar-refractivity contribution in [2.75, 3.05) is 55.9 Å². The van der Waals surface area contributed by atoms with Gasteiger partial charge in [-0.3, -0.25) is 19.2 Å². The Morgan fingerprint density at radius 1 is 0.457 bits per heavy atom. The number of aldehydes is 1. The number of rotatable bonds is 28. The molecule has 0 aromatic heterocycles. The number of amides is 2. The second-order valence-electron chi connectivity index (χ2n) is 26.7. The van der Waals surface area contributed by atoms with Crippen LogP contribution in [0.2, 0.25) is 0 Å². The van der Waals surface area contributed by atoms with Crippen molar-refractivity contribution in [3.8, 4) is 0 Å². The Morgan fingerprint density at radius 3 is 1.13 bits per heavy atom. The number of ether oxygens (including phenoxy) is 5. The smallest absolute Gasteiger partial charge is 0.408 e. The number of esters is 4. The lowest BCUT2D eigenvalue weighted by atomic mass is 9.92. The lowest BCUT2D eigenvalue weighted by Gasteiger charge is -2.19. The van der Waals surface area contributed by atoms with Crippen molar-refractivity contribution in [2.45, 2.75) is 125 Å². The summed E-state index contributed by atoms with van der Waals surface area (Å²) < 4.78 is 35.5. The monoisotopic (exact) mass is 1460 g/mol. The number of alkyl carbamates (subject to hydrolysis) is 1. The van der Waals surface area contributed by atoms with E-state index in [9.17, 15) is 42.9 Å². The number of nitrogens with zero attached hydrogens (tertiary/aromatic N) is 1. The third kappa shape index (κ3) is 43.8. The lowest BCUT2D eigenvalue weighted by molar-refractivity contribution is -0.146. The molecule has 0 radical (unpaired) electrons. The van der Waals surface area contributed by atoms with E-state index < -0.39 is 31.0 Å². The van der Waals surface area contributed by atoms with E-state index in [2.05, 4.69) is 69.8 Å². The quantitative estimate of drug-likeness (QED) is 0.0135. The fourth-order valence-corrected chi connectivity index (χ4v) is 11.5. The second kappa shape index (κ2) is 53.9. The number of methoxy groups -OCH3 is 4. The summed E-state index contributed by atoms with van der Waals surface area (Å²) in [5.41, 5.74) is 14.8. The Hall–Kier alpha value is -9.77. The van der Waals surface area contributed by atoms with Crippen LogP contribution in [-0.4, -0.2) is 126 Å². The average molecular weight is 1460 g/mol. The van der Waals surface area contributed by atoms with Gasteiger partial charge < -0.3 is 54.1 Å². The standard InChI is InChI=1S/C14H20O2.C14H18O2.C13H18NO5P.C13H19NO2.C12H17NO.C10H12O2.C10H12O/c2*1-11(9-12(2)14(15)16-3)10-13-7-5-4-6-8-13;1-18-12(15)11(20(2,3)17)14-13(16)19-9-10-7-5-4-6-8-10;1-10(13(15)16-2)8-12(14)9-11-6-4-3-5-7-11;1-10(12(14)13(2)3)9-11-7-5-4-6-8-11;1-8(10(11)12)7-9-5-3-2-4-6-9;1-9(8-11)7-10-5-3-2-4-6-10/h4-8,11-12H,9-10H2,1-3H3;4-9,11H,10H2,1-3H3;4-8,11H,9H2,1-3H3,(H,14,16);3-7,10,12H,8-9,14H2,1-2H3;4-8,10H,9H2,1-3H3;2-6,8H,7H2,1H3,(H,11,12);2-6,8-9H,7H2,1H3/b;12-9+;;;;;/t11-,12?;11-;;10?,12-;10-;8-;9-/m11.1000/s1. The van der Waals surface area contributed by atoms with Gasteiger partial charge in [0.25, 0.3) is 0 Å². The minimum absolute atomic E-state index is 0.00324. The molecule has 7 aromatic carbocycles. The van der Waals surface area contributed by atoms with E-state index in [1.165, 1.54) is 69.6 Å². The highest BCUT2D eigenvalue weighted by Crippen LogP contribution is 2.41. The van der Waals surface area contributed by atoms with E-state index in [0.29, 0.717) is 30.3 Å². The average Bonchev–Trinajstić information content (AvgIpc) is 0.857. The van der Waals surface area contributed by atoms with Crippen LogP contribution in [0, 0.1) is 41.4 Å². The van der Waals surface area contributed by atoms with Crippen LogP contribution >= 0.6 is 7.14 Å². The van der Waals surface area contributed by atoms with Gasteiger partial charge in [-0.25, -0.2) is 14.4 Å². The third-order valence-corrected chi connectivity index (χ3v) is 17.6. The number of carboxylic acids is 1. The highest BCUT2D eigenvalue weighted by Gasteiger charge is 2.33. The van der Waals surface area contributed by atoms with Crippen LogP contribution in [0.5, 0.6) is 0 Å². The molecule has 0 aliphatic heterocycles. The van der Waals surface area contributed by atoms with E-state index in [1.807, 2.05) is 198 Å². The zero-order chi connectivity index (χ0) is 78.7. The Bertz CT molecular complexity index is 3550. The molecule has 0 spiro atoms. The van der Waals surface area contributed by atoms with Crippen LogP contribution in [0.3, 0.4) is 0 Å². The first-order chi connectivity index (χ1) is 49.9. The first-order valence-electron chi connectivity index (χ1n) is 35.3. The zero-order valence-electron chi connectivity index (χ0n) is 64.6. The molecule has 0 bridgehead atoms. The van der Waals surface area contributed by atoms with E-state index >= 15 is 0 Å². The van der Waals surface area contributed by atoms with Gasteiger partial charge in [0.2, 0.25) is 5.91 Å². The van der Waals surface area contributed by atoms with Crippen molar-refractivity contribution in [1.82, 2.24) is 10.2 Å². The highest BCUT2D eigenvalue weighted by atomic mass is 31.2. The molecular formula is C86H116N3O15P. The molecule has 2 amide bonds. The van der Waals surface area contributed by atoms with Crippen molar-refractivity contribution < 1.29 is 71.7 Å². The minimum Gasteiger partial charge on any atom is -0.481 e. The summed E-state index contributed by atoms with van der Waals surface area (Å²) in [7, 11) is 6.13. The number of nitrogens with one attached hydrogen (secondary N) is 1. The van der Waals surface area contributed by atoms with Gasteiger partial charge >= 0.3 is 35.9 Å². The molecule has 19 heteroatoms. The molecule has 9 atom stereocenters. The van der Waals surface area contributed by atoms with Crippen LogP contribution in [0.1, 0.15) is 107 Å². The SMILES string of the molecule is COC(=O)/C(C)=C/[C@@H](C)Cc1ccccc1.COC(=O)C(C)C[C@@H](C)Cc1ccccc1.COC(=O)C(C)C[C@@H](N)Cc1ccccc1.COC(=O)C(NC(=O)OCc1ccccc1)P(C)(C)=O.C[C@@H](Cc1ccccc1)C(=O)N(C)C.C[C@@H](Cc1ccccc1)C(=O)O.C[C@H](C=O)Cc1ccccc1. The number of aliphatic carboxylic acids is 1. The minimum atomic E-state index is -2.88. The largest absolute Gasteiger partial charge is 0.481 e. The molecule has 18 nitrogen and oxygen atoms in total. The van der Waals surface area contributed by atoms with Crippen molar-refractivity contribution in [2.24, 2.45) is 47.2 Å². The number of hydrogen-bond acceptors (Lipinski definition) is 15. The van der Waals surface area contributed by atoms with Gasteiger partial charge in [0, 0.05) is 37.5 Å². The molecule has 0 fully saturated rings. The summed E-state index contributed by atoms with van der Waals surface area (Å²) in [4.78, 5) is 90.9. The summed E-state index contributed by atoms with van der Waals surface area (Å²) in [6.07, 6.45) is 8.69. The number of carbonyl (C=O) groups excluding carboxylic acids is 7. The normalized spacial score (nSPS) is 13.1. The van der Waals surface area contributed by atoms with Crippen LogP contribution in [-0.2, 0) is 107 Å². The molecule has 105 heavy (non-hydrogen) atoms. The van der Waals surface area contributed by atoms with Crippen LogP contribution in [0.25, 0.3) is 0 Å². The summed E-state index contributed by atoms with van der Waals surface area (Å²) in [6.45, 7) is 18.3. The van der Waals surface area contributed by atoms with Crippen molar-refractivity contribution in [3.05, 3.63) is 263 Å². The molecule has 0 saturated heterocycles. The molecule has 0 saturated carbocycles. The summed E-state index contributed by atoms with van der Waals surface area (Å²) in [5.74, 6) is -2.47. The maximum absolute atomic E-state index is 12.0. The molecule has 0 heterocycles. The number of allylic oxidation sites excluding steroid dienone is 1. The van der Waals surface area contributed by atoms with E-state index in [0.717, 1.165) is 55.9 Å². The second-order valence-corrected chi connectivity index (χ2v) is 30.1. The van der Waals surface area contributed by atoms with E-state index in [4.69, 9.17) is 20.3 Å². The Labute approximate surface area is 625 Å². The Kier molecular flexibility index (Phi) is 47.9. The Balaban J connectivity index is 0.000000617. The Morgan fingerprint density at radius 2 is 0.790 bits per heavy atom. The van der Waals surface area contributed by atoms with Gasteiger partial charge in [-0.05, 0) is 122 Å². The zero-order valence-corrected chi connectivity index (χ0v) is 65.5. The van der Waals surface area contributed by atoms with E-state index in [1.54, 1.807) is 45.0 Å². The number of carbonyl (C=O) groups is 8. The van der Waals surface area contributed by atoms with Gasteiger partial charge in [-0.15, -0.1) is 0 Å². The fourth-order valence-electron chi connectivity index (χ4n) is 10.5. The number of carboxylic acid groups (broad SMARTS) is 1. The van der Waals surface area contributed by atoms with Gasteiger partial charge in [0.15, 0.2) is 5.78 Å².